The van der Waals surface area contributed by atoms with Gasteiger partial charge in [0.2, 0.25) is 0 Å². The number of hydrogen-bond acceptors (Lipinski definition) is 3. The van der Waals surface area contributed by atoms with Gasteiger partial charge in [-0.1, -0.05) is 24.3 Å². The summed E-state index contributed by atoms with van der Waals surface area (Å²) in [5, 5.41) is 7.26. The van der Waals surface area contributed by atoms with Crippen molar-refractivity contribution < 1.29 is 4.84 Å². The quantitative estimate of drug-likeness (QED) is 0.667. The fraction of sp³-hybridized carbons (Fsp3) is 0.300. The van der Waals surface area contributed by atoms with E-state index >= 15 is 0 Å². The number of nitrogens with one attached hydrogen (secondary N) is 2. The lowest BCUT2D eigenvalue weighted by atomic mass is 9.96. The monoisotopic (exact) mass is 176 g/mol. The smallest absolute Gasteiger partial charge is 0.0764 e. The maximum Gasteiger partial charge on any atom is 0.0764 e. The van der Waals surface area contributed by atoms with Crippen molar-refractivity contribution in [1.82, 2.24) is 5.48 Å². The Hall–Kier alpha value is -1.19. The van der Waals surface area contributed by atoms with Crippen molar-refractivity contribution in [3.63, 3.8) is 0 Å². The lowest BCUT2D eigenvalue weighted by Gasteiger charge is -2.09. The Bertz CT molecular complexity index is 306. The summed E-state index contributed by atoms with van der Waals surface area (Å²) in [6.45, 7) is 1.54. The minimum Gasteiger partial charge on any atom is -0.308 e. The summed E-state index contributed by atoms with van der Waals surface area (Å²) < 4.78 is 0. The topological polar surface area (TPSA) is 45.1 Å². The summed E-state index contributed by atoms with van der Waals surface area (Å²) in [6.07, 6.45) is 1.40. The van der Waals surface area contributed by atoms with E-state index in [1.165, 1.54) is 11.8 Å². The highest BCUT2D eigenvalue weighted by molar-refractivity contribution is 5.79. The van der Waals surface area contributed by atoms with E-state index in [1.807, 2.05) is 18.2 Å². The van der Waals surface area contributed by atoms with Gasteiger partial charge in [-0.3, -0.25) is 0 Å². The molecule has 0 saturated carbocycles. The van der Waals surface area contributed by atoms with Crippen LogP contribution in [0.2, 0.25) is 0 Å². The van der Waals surface area contributed by atoms with Gasteiger partial charge in [-0.15, -0.1) is 0 Å². The molecule has 2 N–H and O–H groups in total. The molecule has 1 heterocycles. The molecule has 2 rings (SSSR count). The minimum atomic E-state index is 0.387. The van der Waals surface area contributed by atoms with Gasteiger partial charge in [0.15, 0.2) is 0 Å². The van der Waals surface area contributed by atoms with Crippen LogP contribution < -0.4 is 5.48 Å². The van der Waals surface area contributed by atoms with E-state index in [0.717, 1.165) is 12.1 Å². The molecule has 1 atom stereocenters. The number of benzene rings is 1. The molecule has 13 heavy (non-hydrogen) atoms. The van der Waals surface area contributed by atoms with Crippen LogP contribution in [0.25, 0.3) is 0 Å². The fourth-order valence-corrected chi connectivity index (χ4v) is 1.59. The molecule has 0 amide bonds. The molecule has 0 aliphatic carbocycles. The van der Waals surface area contributed by atoms with E-state index in [4.69, 9.17) is 10.2 Å². The SMILES string of the molecule is N=Cc1ccccc1C1CNOC1. The molecule has 1 aliphatic rings. The van der Waals surface area contributed by atoms with Crippen molar-refractivity contribution in [1.29, 1.82) is 5.41 Å². The van der Waals surface area contributed by atoms with Gasteiger partial charge in [-0.05, 0) is 11.1 Å². The summed E-state index contributed by atoms with van der Waals surface area (Å²) in [5.41, 5.74) is 5.03. The van der Waals surface area contributed by atoms with Gasteiger partial charge in [0, 0.05) is 18.7 Å². The Balaban J connectivity index is 2.31. The largest absolute Gasteiger partial charge is 0.308 e. The summed E-state index contributed by atoms with van der Waals surface area (Å²) in [4.78, 5) is 5.09. The highest BCUT2D eigenvalue weighted by Gasteiger charge is 2.19. The zero-order valence-electron chi connectivity index (χ0n) is 7.29. The molecule has 0 aromatic heterocycles. The first-order valence-corrected chi connectivity index (χ1v) is 4.36. The van der Waals surface area contributed by atoms with Crippen molar-refractivity contribution in [2.24, 2.45) is 0 Å². The first-order valence-electron chi connectivity index (χ1n) is 4.36. The van der Waals surface area contributed by atoms with E-state index in [0.29, 0.717) is 12.5 Å². The third kappa shape index (κ3) is 1.61. The van der Waals surface area contributed by atoms with Gasteiger partial charge in [0.05, 0.1) is 6.61 Å². The third-order valence-electron chi connectivity index (χ3n) is 2.31. The van der Waals surface area contributed by atoms with Crippen molar-refractivity contribution >= 4 is 6.21 Å². The molecule has 68 valence electrons. The third-order valence-corrected chi connectivity index (χ3v) is 2.31. The lowest BCUT2D eigenvalue weighted by molar-refractivity contribution is 0.101. The average molecular weight is 176 g/mol. The summed E-state index contributed by atoms with van der Waals surface area (Å²) in [7, 11) is 0. The molecular weight excluding hydrogens is 164 g/mol. The molecule has 1 aromatic rings. The second kappa shape index (κ2) is 3.68. The Morgan fingerprint density at radius 1 is 1.46 bits per heavy atom. The molecular formula is C10H12N2O. The Kier molecular flexibility index (Phi) is 2.38. The van der Waals surface area contributed by atoms with Crippen LogP contribution in [0.15, 0.2) is 24.3 Å². The van der Waals surface area contributed by atoms with Gasteiger partial charge < -0.3 is 10.2 Å². The van der Waals surface area contributed by atoms with E-state index in [2.05, 4.69) is 11.5 Å². The number of hydrogen-bond donors (Lipinski definition) is 2. The molecule has 3 nitrogen and oxygen atoms in total. The van der Waals surface area contributed by atoms with E-state index < -0.39 is 0 Å². The minimum absolute atomic E-state index is 0.387. The van der Waals surface area contributed by atoms with Crippen LogP contribution in [0, 0.1) is 5.41 Å². The molecule has 0 radical (unpaired) electrons. The predicted octanol–water partition coefficient (Wildman–Crippen LogP) is 1.30. The van der Waals surface area contributed by atoms with Crippen LogP contribution in [0.3, 0.4) is 0 Å². The van der Waals surface area contributed by atoms with E-state index in [1.54, 1.807) is 0 Å². The Labute approximate surface area is 77.2 Å². The molecule has 1 unspecified atom stereocenters. The normalized spacial score (nSPS) is 21.7. The van der Waals surface area contributed by atoms with Gasteiger partial charge in [-0.2, -0.15) is 0 Å². The molecule has 0 bridgehead atoms. The zero-order valence-corrected chi connectivity index (χ0v) is 7.29. The van der Waals surface area contributed by atoms with Gasteiger partial charge in [-0.25, -0.2) is 5.48 Å². The molecule has 3 heteroatoms. The van der Waals surface area contributed by atoms with E-state index in [9.17, 15) is 0 Å². The van der Waals surface area contributed by atoms with Crippen LogP contribution in [-0.2, 0) is 4.84 Å². The molecule has 1 aliphatic heterocycles. The maximum atomic E-state index is 7.26. The van der Waals surface area contributed by atoms with Gasteiger partial charge in [0.25, 0.3) is 0 Å². The van der Waals surface area contributed by atoms with Crippen molar-refractivity contribution in [3.8, 4) is 0 Å². The second-order valence-corrected chi connectivity index (χ2v) is 3.13. The zero-order chi connectivity index (χ0) is 9.10. The Morgan fingerprint density at radius 2 is 2.31 bits per heavy atom. The maximum absolute atomic E-state index is 7.26. The molecule has 1 saturated heterocycles. The molecule has 0 spiro atoms. The van der Waals surface area contributed by atoms with Gasteiger partial charge >= 0.3 is 0 Å². The van der Waals surface area contributed by atoms with Gasteiger partial charge in [0.1, 0.15) is 0 Å². The summed E-state index contributed by atoms with van der Waals surface area (Å²) >= 11 is 0. The van der Waals surface area contributed by atoms with E-state index in [-0.39, 0.29) is 0 Å². The first-order chi connectivity index (χ1) is 6.42. The van der Waals surface area contributed by atoms with Crippen molar-refractivity contribution in [3.05, 3.63) is 35.4 Å². The average Bonchev–Trinajstić information content (AvgIpc) is 2.70. The van der Waals surface area contributed by atoms with Crippen molar-refractivity contribution in [2.45, 2.75) is 5.92 Å². The fourth-order valence-electron chi connectivity index (χ4n) is 1.59. The molecule has 1 fully saturated rings. The van der Waals surface area contributed by atoms with Crippen LogP contribution in [0.4, 0.5) is 0 Å². The van der Waals surface area contributed by atoms with Crippen LogP contribution >= 0.6 is 0 Å². The standard InChI is InChI=1S/C10H12N2O/c11-5-8-3-1-2-4-10(8)9-6-12-13-7-9/h1-5,9,11-12H,6-7H2. The lowest BCUT2D eigenvalue weighted by Crippen LogP contribution is -2.08. The molecule has 1 aromatic carbocycles. The number of rotatable bonds is 2. The van der Waals surface area contributed by atoms with Crippen LogP contribution in [0.5, 0.6) is 0 Å². The number of hydroxylamine groups is 1. The van der Waals surface area contributed by atoms with Crippen LogP contribution in [-0.4, -0.2) is 19.4 Å². The second-order valence-electron chi connectivity index (χ2n) is 3.13. The van der Waals surface area contributed by atoms with Crippen molar-refractivity contribution in [2.75, 3.05) is 13.2 Å². The highest BCUT2D eigenvalue weighted by atomic mass is 16.7. The highest BCUT2D eigenvalue weighted by Crippen LogP contribution is 2.21. The Morgan fingerprint density at radius 3 is 3.00 bits per heavy atom. The summed E-state index contributed by atoms with van der Waals surface area (Å²) in [5.74, 6) is 0.387. The first kappa shape index (κ1) is 8.41. The van der Waals surface area contributed by atoms with Crippen LogP contribution in [0.1, 0.15) is 17.0 Å². The predicted molar refractivity (Wildman–Crippen MR) is 51.0 cm³/mol. The summed E-state index contributed by atoms with van der Waals surface area (Å²) in [6, 6.07) is 7.97.